The first kappa shape index (κ1) is 18.9. The Morgan fingerprint density at radius 3 is 2.69 bits per heavy atom. The third-order valence-electron chi connectivity index (χ3n) is 5.10. The van der Waals surface area contributed by atoms with Crippen LogP contribution >= 0.6 is 0 Å². The fourth-order valence-corrected chi connectivity index (χ4v) is 3.68. The molecule has 2 aromatic rings. The number of aliphatic imine (C=N–C) groups is 1. The molecule has 9 nitrogen and oxygen atoms in total. The molecule has 2 aliphatic heterocycles. The molecule has 1 atom stereocenters. The molecule has 2 aliphatic rings. The molecule has 150 valence electrons. The molecule has 2 aromatic carbocycles. The largest absolute Gasteiger partial charge is 0.299 e. The van der Waals surface area contributed by atoms with E-state index in [9.17, 15) is 14.9 Å². The molecule has 1 saturated heterocycles. The Morgan fingerprint density at radius 1 is 1.07 bits per heavy atom. The van der Waals surface area contributed by atoms with Gasteiger partial charge in [-0.2, -0.15) is 0 Å². The van der Waals surface area contributed by atoms with Crippen LogP contribution in [0.25, 0.3) is 0 Å². The van der Waals surface area contributed by atoms with E-state index in [1.54, 1.807) is 17.0 Å². The van der Waals surface area contributed by atoms with E-state index in [0.29, 0.717) is 12.2 Å². The number of nitrogens with zero attached hydrogens (tertiary/aromatic N) is 3. The molecule has 0 radical (unpaired) electrons. The van der Waals surface area contributed by atoms with E-state index in [0.717, 1.165) is 31.4 Å². The highest BCUT2D eigenvalue weighted by Gasteiger charge is 2.48. The minimum Gasteiger partial charge on any atom is -0.299 e. The molecule has 1 fully saturated rings. The summed E-state index contributed by atoms with van der Waals surface area (Å²) in [4.78, 5) is 30.1. The average Bonchev–Trinajstić information content (AvgIpc) is 2.98. The summed E-state index contributed by atoms with van der Waals surface area (Å²) in [6.07, 6.45) is 2.96. The number of nitro groups is 1. The quantitative estimate of drug-likeness (QED) is 0.542. The number of nitrogens with one attached hydrogen (secondary N) is 3. The molecule has 0 aliphatic carbocycles. The molecule has 29 heavy (non-hydrogen) atoms. The number of carbonyl (C=O) groups excluding carboxylic acids is 1. The number of benzene rings is 2. The number of carbonyl (C=O) groups is 1. The van der Waals surface area contributed by atoms with Gasteiger partial charge in [0.05, 0.1) is 10.6 Å². The van der Waals surface area contributed by atoms with Crippen LogP contribution in [-0.4, -0.2) is 34.7 Å². The summed E-state index contributed by atoms with van der Waals surface area (Å²) in [6.45, 7) is 1.33. The van der Waals surface area contributed by atoms with Gasteiger partial charge in [0, 0.05) is 24.2 Å². The van der Waals surface area contributed by atoms with Gasteiger partial charge >= 0.3 is 0 Å². The van der Waals surface area contributed by atoms with Gasteiger partial charge in [-0.3, -0.25) is 36.0 Å². The Morgan fingerprint density at radius 2 is 1.90 bits per heavy atom. The highest BCUT2D eigenvalue weighted by atomic mass is 16.6. The van der Waals surface area contributed by atoms with Crippen LogP contribution in [0.2, 0.25) is 0 Å². The number of rotatable bonds is 4. The van der Waals surface area contributed by atoms with Crippen LogP contribution in [0.1, 0.15) is 24.8 Å². The topological polar surface area (TPSA) is 112 Å². The van der Waals surface area contributed by atoms with E-state index in [4.69, 9.17) is 4.99 Å². The van der Waals surface area contributed by atoms with E-state index in [1.807, 2.05) is 30.3 Å². The van der Waals surface area contributed by atoms with Crippen LogP contribution in [0.15, 0.2) is 59.6 Å². The zero-order chi connectivity index (χ0) is 20.3. The maximum atomic E-state index is 13.1. The van der Waals surface area contributed by atoms with E-state index < -0.39 is 10.7 Å². The number of non-ortho nitro benzene ring substituents is 1. The van der Waals surface area contributed by atoms with Gasteiger partial charge < -0.3 is 0 Å². The van der Waals surface area contributed by atoms with E-state index >= 15 is 0 Å². The number of hydrazine groups is 1. The van der Waals surface area contributed by atoms with Crippen LogP contribution in [-0.2, 0) is 10.6 Å². The predicted molar refractivity (Wildman–Crippen MR) is 109 cm³/mol. The highest BCUT2D eigenvalue weighted by Crippen LogP contribution is 2.34. The molecule has 4 rings (SSSR count). The Hall–Kier alpha value is -3.46. The summed E-state index contributed by atoms with van der Waals surface area (Å²) in [5, 5.41) is 14.4. The lowest BCUT2D eigenvalue weighted by atomic mass is 10.0. The number of nitro benzene ring substituents is 1. The van der Waals surface area contributed by atoms with Crippen molar-refractivity contribution in [1.82, 2.24) is 15.6 Å². The molecule has 1 unspecified atom stereocenters. The lowest BCUT2D eigenvalue weighted by molar-refractivity contribution is -0.384. The van der Waals surface area contributed by atoms with Crippen molar-refractivity contribution in [3.05, 3.63) is 70.3 Å². The molecule has 0 bridgehead atoms. The molecule has 0 aromatic heterocycles. The number of amidine groups is 1. The summed E-state index contributed by atoms with van der Waals surface area (Å²) < 4.78 is 0. The van der Waals surface area contributed by atoms with Crippen molar-refractivity contribution in [2.75, 3.05) is 18.5 Å². The Kier molecular flexibility index (Phi) is 5.13. The molecule has 0 spiro atoms. The normalized spacial score (nSPS) is 21.6. The molecular formula is C20H22N6O3. The number of amides is 1. The summed E-state index contributed by atoms with van der Waals surface area (Å²) in [5.41, 5.74) is 7.03. The third kappa shape index (κ3) is 3.64. The summed E-state index contributed by atoms with van der Waals surface area (Å²) >= 11 is 0. The second-order valence-corrected chi connectivity index (χ2v) is 7.00. The van der Waals surface area contributed by atoms with Gasteiger partial charge in [0.15, 0.2) is 0 Å². The van der Waals surface area contributed by atoms with Gasteiger partial charge in [-0.25, -0.2) is 4.99 Å². The summed E-state index contributed by atoms with van der Waals surface area (Å²) in [7, 11) is 0. The van der Waals surface area contributed by atoms with Crippen molar-refractivity contribution in [2.45, 2.75) is 25.0 Å². The van der Waals surface area contributed by atoms with Crippen molar-refractivity contribution in [1.29, 1.82) is 0 Å². The van der Waals surface area contributed by atoms with Crippen molar-refractivity contribution >= 4 is 23.1 Å². The Bertz CT molecular complexity index is 948. The average molecular weight is 394 g/mol. The van der Waals surface area contributed by atoms with Crippen LogP contribution in [0.4, 0.5) is 11.4 Å². The summed E-state index contributed by atoms with van der Waals surface area (Å²) in [5.74, 6) is -1.01. The molecule has 3 N–H and O–H groups in total. The van der Waals surface area contributed by atoms with Crippen molar-refractivity contribution in [2.24, 2.45) is 4.99 Å². The lowest BCUT2D eigenvalue weighted by Gasteiger charge is -2.38. The van der Waals surface area contributed by atoms with E-state index in [-0.39, 0.29) is 17.4 Å². The summed E-state index contributed by atoms with van der Waals surface area (Å²) in [6, 6.07) is 15.7. The molecule has 0 saturated carbocycles. The standard InChI is InChI=1S/C20H22N6O3/c27-19-18(24-23-16-10-7-11-17(14-16)26(28)29)22-20(15-8-3-1-4-9-15)21-12-5-2-6-13-25(19)20/h1,3-4,7-11,14,21,23H,2,5-6,12-13H2,(H,22,24). The fraction of sp³-hybridized carbons (Fsp3) is 0.300. The Balaban J connectivity index is 1.63. The van der Waals surface area contributed by atoms with Crippen LogP contribution in [0, 0.1) is 10.1 Å². The number of fused-ring (bicyclic) bond motifs is 1. The minimum atomic E-state index is -0.953. The van der Waals surface area contributed by atoms with E-state index in [2.05, 4.69) is 16.2 Å². The number of anilines is 1. The monoisotopic (exact) mass is 394 g/mol. The van der Waals surface area contributed by atoms with Gasteiger partial charge in [0.25, 0.3) is 11.6 Å². The number of hydrogen-bond donors (Lipinski definition) is 3. The van der Waals surface area contributed by atoms with E-state index in [1.165, 1.54) is 12.1 Å². The highest BCUT2D eigenvalue weighted by molar-refractivity contribution is 6.39. The first-order valence-corrected chi connectivity index (χ1v) is 9.59. The molecule has 9 heteroatoms. The van der Waals surface area contributed by atoms with Gasteiger partial charge in [-0.15, -0.1) is 0 Å². The van der Waals surface area contributed by atoms with Crippen molar-refractivity contribution in [3.63, 3.8) is 0 Å². The van der Waals surface area contributed by atoms with Gasteiger partial charge in [0.2, 0.25) is 11.6 Å². The maximum Gasteiger partial charge on any atom is 0.294 e. The third-order valence-corrected chi connectivity index (χ3v) is 5.10. The van der Waals surface area contributed by atoms with Crippen LogP contribution < -0.4 is 16.2 Å². The molecule has 2 heterocycles. The van der Waals surface area contributed by atoms with Crippen LogP contribution in [0.5, 0.6) is 0 Å². The molecular weight excluding hydrogens is 372 g/mol. The smallest absolute Gasteiger partial charge is 0.294 e. The predicted octanol–water partition coefficient (Wildman–Crippen LogP) is 2.34. The van der Waals surface area contributed by atoms with Crippen molar-refractivity contribution < 1.29 is 9.72 Å². The van der Waals surface area contributed by atoms with Gasteiger partial charge in [-0.05, 0) is 25.5 Å². The molecule has 1 amide bonds. The zero-order valence-electron chi connectivity index (χ0n) is 15.8. The SMILES string of the molecule is O=C1C(NNc2cccc([N+](=O)[O-])c2)=NC2(c3ccccc3)NCCCCCN12. The second-order valence-electron chi connectivity index (χ2n) is 7.00. The van der Waals surface area contributed by atoms with Gasteiger partial charge in [0.1, 0.15) is 0 Å². The zero-order valence-corrected chi connectivity index (χ0v) is 15.8. The van der Waals surface area contributed by atoms with Crippen molar-refractivity contribution in [3.8, 4) is 0 Å². The van der Waals surface area contributed by atoms with Crippen LogP contribution in [0.3, 0.4) is 0 Å². The Labute approximate surface area is 167 Å². The first-order valence-electron chi connectivity index (χ1n) is 9.59. The fourth-order valence-electron chi connectivity index (χ4n) is 3.68. The van der Waals surface area contributed by atoms with Gasteiger partial charge in [-0.1, -0.05) is 42.8 Å². The second kappa shape index (κ2) is 7.88. The maximum absolute atomic E-state index is 13.1. The minimum absolute atomic E-state index is 0.0377. The lowest BCUT2D eigenvalue weighted by Crippen LogP contribution is -2.55. The first-order chi connectivity index (χ1) is 14.1. The number of hydrogen-bond acceptors (Lipinski definition) is 7.